The van der Waals surface area contributed by atoms with E-state index in [0.29, 0.717) is 5.95 Å². The molecule has 0 radical (unpaired) electrons. The first-order chi connectivity index (χ1) is 51.2. The van der Waals surface area contributed by atoms with Gasteiger partial charge in [-0.15, -0.1) is 0 Å². The number of pyridine rings is 1. The molecule has 2 aliphatic carbocycles. The molecule has 5 heteroatoms. The van der Waals surface area contributed by atoms with Gasteiger partial charge in [0, 0.05) is 43.8 Å². The number of aryl methyl sites for hydroxylation is 4. The molecule has 0 saturated carbocycles. The molecule has 18 aromatic rings. The SMILES string of the molecule is Cc1ccc(C2(c3ccc(C)cc3)c3ccccc3-c3cc4c(cc32)c2ccccc2n4-c2cc(-c3ccccc3)nc(-c3ccccc3)c2)cc1.Cc1ccc(C2(c3ccc(C)cc3)c3ccccc3-c3cc4c(cc32)c2ccccc2n4-c2nc(-c3ccccc3)cc(-c3ccccc3)n2)cc1. The van der Waals surface area contributed by atoms with E-state index in [0.717, 1.165) is 61.8 Å². The lowest BCUT2D eigenvalue weighted by Crippen LogP contribution is -2.28. The Morgan fingerprint density at radius 1 is 0.221 bits per heavy atom. The van der Waals surface area contributed by atoms with Crippen LogP contribution in [0.3, 0.4) is 0 Å². The molecule has 0 aliphatic heterocycles. The molecular formula is C99H71N5. The molecular weight excluding hydrogens is 1260 g/mol. The van der Waals surface area contributed by atoms with Gasteiger partial charge >= 0.3 is 0 Å². The van der Waals surface area contributed by atoms with Gasteiger partial charge < -0.3 is 4.57 Å². The predicted octanol–water partition coefficient (Wildman–Crippen LogP) is 24.4. The van der Waals surface area contributed by atoms with Crippen LogP contribution >= 0.6 is 0 Å². The molecule has 0 amide bonds. The molecule has 0 unspecified atom stereocenters. The van der Waals surface area contributed by atoms with Crippen molar-refractivity contribution in [2.45, 2.75) is 38.5 Å². The van der Waals surface area contributed by atoms with E-state index in [9.17, 15) is 0 Å². The van der Waals surface area contributed by atoms with Crippen LogP contribution in [0.15, 0.2) is 358 Å². The lowest BCUT2D eigenvalue weighted by molar-refractivity contribution is 0.768. The molecule has 0 N–H and O–H groups in total. The maximum absolute atomic E-state index is 5.30. The molecule has 0 bridgehead atoms. The minimum absolute atomic E-state index is 0.470. The van der Waals surface area contributed by atoms with Crippen molar-refractivity contribution in [3.05, 3.63) is 425 Å². The predicted molar refractivity (Wildman–Crippen MR) is 430 cm³/mol. The average molecular weight is 1330 g/mol. The second-order valence-electron chi connectivity index (χ2n) is 28.1. The zero-order valence-electron chi connectivity index (χ0n) is 58.3. The van der Waals surface area contributed by atoms with Crippen LogP contribution < -0.4 is 0 Å². The quantitative estimate of drug-likeness (QED) is 0.137. The Kier molecular flexibility index (Phi) is 14.8. The summed E-state index contributed by atoms with van der Waals surface area (Å²) < 4.78 is 4.72. The van der Waals surface area contributed by atoms with Crippen molar-refractivity contribution >= 4 is 43.6 Å². The van der Waals surface area contributed by atoms with Gasteiger partial charge in [-0.25, -0.2) is 15.0 Å². The van der Waals surface area contributed by atoms with Gasteiger partial charge in [-0.3, -0.25) is 4.57 Å². The van der Waals surface area contributed by atoms with Crippen LogP contribution in [0.4, 0.5) is 0 Å². The molecule has 4 aromatic heterocycles. The Morgan fingerprint density at radius 2 is 0.529 bits per heavy atom. The summed E-state index contributed by atoms with van der Waals surface area (Å²) >= 11 is 0. The Morgan fingerprint density at radius 3 is 0.904 bits per heavy atom. The van der Waals surface area contributed by atoms with E-state index >= 15 is 0 Å². The molecule has 492 valence electrons. The van der Waals surface area contributed by atoms with E-state index in [1.165, 1.54) is 122 Å². The van der Waals surface area contributed by atoms with Crippen molar-refractivity contribution in [2.24, 2.45) is 0 Å². The second kappa shape index (κ2) is 24.9. The molecule has 2 aliphatic rings. The first-order valence-electron chi connectivity index (χ1n) is 36.0. The highest BCUT2D eigenvalue weighted by molar-refractivity contribution is 6.13. The molecule has 104 heavy (non-hydrogen) atoms. The smallest absolute Gasteiger partial charge is 0.235 e. The molecule has 0 spiro atoms. The normalized spacial score (nSPS) is 13.0. The van der Waals surface area contributed by atoms with Crippen LogP contribution in [-0.2, 0) is 10.8 Å². The van der Waals surface area contributed by atoms with E-state index in [-0.39, 0.29) is 0 Å². The van der Waals surface area contributed by atoms with Crippen LogP contribution in [0.1, 0.15) is 66.8 Å². The van der Waals surface area contributed by atoms with Crippen molar-refractivity contribution in [1.82, 2.24) is 24.1 Å². The lowest BCUT2D eigenvalue weighted by Gasteiger charge is -2.34. The minimum Gasteiger partial charge on any atom is -0.309 e. The number of hydrogen-bond acceptors (Lipinski definition) is 3. The number of nitrogens with zero attached hydrogens (tertiary/aromatic N) is 5. The lowest BCUT2D eigenvalue weighted by atomic mass is 9.67. The summed E-state index contributed by atoms with van der Waals surface area (Å²) in [5, 5.41) is 4.83. The van der Waals surface area contributed by atoms with Crippen molar-refractivity contribution < 1.29 is 0 Å². The van der Waals surface area contributed by atoms with Crippen molar-refractivity contribution in [3.63, 3.8) is 0 Å². The number of aromatic nitrogens is 5. The molecule has 14 aromatic carbocycles. The number of benzene rings is 14. The third kappa shape index (κ3) is 9.94. The number of para-hydroxylation sites is 2. The van der Waals surface area contributed by atoms with Gasteiger partial charge in [-0.1, -0.05) is 326 Å². The van der Waals surface area contributed by atoms with E-state index in [1.807, 2.05) is 12.1 Å². The van der Waals surface area contributed by atoms with Crippen LogP contribution in [-0.4, -0.2) is 24.1 Å². The fourth-order valence-electron chi connectivity index (χ4n) is 17.0. The van der Waals surface area contributed by atoms with E-state index in [2.05, 4.69) is 383 Å². The summed E-state index contributed by atoms with van der Waals surface area (Å²) in [7, 11) is 0. The van der Waals surface area contributed by atoms with Gasteiger partial charge in [0.25, 0.3) is 0 Å². The van der Waals surface area contributed by atoms with E-state index < -0.39 is 10.8 Å². The Bertz CT molecular complexity index is 5740. The van der Waals surface area contributed by atoms with Gasteiger partial charge in [0.05, 0.1) is 61.4 Å². The van der Waals surface area contributed by atoms with Crippen LogP contribution in [0.25, 0.3) is 123 Å². The first-order valence-corrected chi connectivity index (χ1v) is 36.0. The minimum atomic E-state index is -0.491. The number of rotatable bonds is 10. The fraction of sp³-hybridized carbons (Fsp3) is 0.0606. The van der Waals surface area contributed by atoms with Crippen molar-refractivity contribution in [1.29, 1.82) is 0 Å². The Labute approximate surface area is 606 Å². The maximum Gasteiger partial charge on any atom is 0.235 e. The van der Waals surface area contributed by atoms with Crippen LogP contribution in [0.5, 0.6) is 0 Å². The highest BCUT2D eigenvalue weighted by Gasteiger charge is 2.48. The van der Waals surface area contributed by atoms with Crippen LogP contribution in [0, 0.1) is 27.7 Å². The average Bonchev–Trinajstić information content (AvgIpc) is 1.53. The largest absolute Gasteiger partial charge is 0.309 e. The molecule has 0 fully saturated rings. The van der Waals surface area contributed by atoms with Crippen molar-refractivity contribution in [2.75, 3.05) is 0 Å². The Balaban J connectivity index is 0.000000143. The summed E-state index contributed by atoms with van der Waals surface area (Å²) in [6, 6.07) is 130. The van der Waals surface area contributed by atoms with E-state index in [1.54, 1.807) is 0 Å². The number of hydrogen-bond donors (Lipinski definition) is 0. The summed E-state index contributed by atoms with van der Waals surface area (Å²) in [6.07, 6.45) is 0. The standard InChI is InChI=1S/C50H36N2.C49H35N3/c1-33-21-25-37(26-22-33)50(38-27-23-34(2)24-28-38)44-19-11-9-17-40(44)42-32-49-43(31-45(42)50)41-18-10-12-20-48(41)52(49)39-29-46(35-13-5-3-6-14-35)51-47(30-39)36-15-7-4-8-16-36;1-32-21-25-36(26-22-32)49(37-27-23-33(2)24-28-37)42-19-11-9-17-38(42)40-30-47-41(29-43(40)49)39-18-10-12-20-46(39)52(47)48-50-44(34-13-5-3-6-14-34)31-45(51-48)35-15-7-4-8-16-35/h3-32H,1-2H3;3-31H,1-2H3. The third-order valence-corrected chi connectivity index (χ3v) is 21.9. The Hall–Kier alpha value is -13.1. The van der Waals surface area contributed by atoms with Crippen LogP contribution in [0.2, 0.25) is 0 Å². The highest BCUT2D eigenvalue weighted by Crippen LogP contribution is 2.60. The van der Waals surface area contributed by atoms with Gasteiger partial charge in [-0.05, 0) is 149 Å². The summed E-state index contributed by atoms with van der Waals surface area (Å²) in [5.41, 5.74) is 33.0. The summed E-state index contributed by atoms with van der Waals surface area (Å²) in [6.45, 7) is 8.66. The summed E-state index contributed by atoms with van der Waals surface area (Å²) in [4.78, 5) is 15.8. The molecule has 0 saturated heterocycles. The van der Waals surface area contributed by atoms with Crippen molar-refractivity contribution in [3.8, 4) is 78.9 Å². The number of fused-ring (bicyclic) bond motifs is 12. The van der Waals surface area contributed by atoms with Gasteiger partial charge in [0.15, 0.2) is 0 Å². The zero-order valence-corrected chi connectivity index (χ0v) is 58.3. The maximum atomic E-state index is 5.30. The molecule has 20 rings (SSSR count). The van der Waals surface area contributed by atoms with Gasteiger partial charge in [-0.2, -0.15) is 0 Å². The monoisotopic (exact) mass is 1330 g/mol. The third-order valence-electron chi connectivity index (χ3n) is 21.9. The second-order valence-corrected chi connectivity index (χ2v) is 28.1. The molecule has 4 heterocycles. The van der Waals surface area contributed by atoms with Gasteiger partial charge in [0.2, 0.25) is 5.95 Å². The zero-order chi connectivity index (χ0) is 69.6. The molecule has 5 nitrogen and oxygen atoms in total. The summed E-state index contributed by atoms with van der Waals surface area (Å²) in [5.74, 6) is 0.654. The fourth-order valence-corrected chi connectivity index (χ4v) is 17.0. The highest BCUT2D eigenvalue weighted by atomic mass is 15.2. The van der Waals surface area contributed by atoms with Gasteiger partial charge in [0.1, 0.15) is 0 Å². The topological polar surface area (TPSA) is 48.5 Å². The first kappa shape index (κ1) is 62.0. The van der Waals surface area contributed by atoms with E-state index in [4.69, 9.17) is 15.0 Å². The molecule has 0 atom stereocenters.